The molecule has 3 heterocycles. The number of hydrogen-bond donors (Lipinski definition) is 1. The number of likely N-dealkylation sites (N-methyl/N-ethyl adjacent to an activating group) is 1. The van der Waals surface area contributed by atoms with Crippen LogP contribution in [-0.2, 0) is 4.74 Å². The third-order valence-electron chi connectivity index (χ3n) is 5.18. The Labute approximate surface area is 147 Å². The second-order valence-corrected chi connectivity index (χ2v) is 7.17. The maximum atomic E-state index is 13.2. The molecule has 25 heavy (non-hydrogen) atoms. The van der Waals surface area contributed by atoms with Gasteiger partial charge < -0.3 is 14.5 Å². The van der Waals surface area contributed by atoms with Gasteiger partial charge in [-0.15, -0.1) is 0 Å². The number of carbonyl (C=O) groups is 1. The zero-order valence-corrected chi connectivity index (χ0v) is 14.7. The summed E-state index contributed by atoms with van der Waals surface area (Å²) in [4.78, 5) is 17.5. The predicted octanol–water partition coefficient (Wildman–Crippen LogP) is 1.79. The van der Waals surface area contributed by atoms with Crippen LogP contribution >= 0.6 is 0 Å². The molecule has 0 radical (unpaired) electrons. The van der Waals surface area contributed by atoms with E-state index >= 15 is 0 Å². The molecule has 0 saturated carbocycles. The van der Waals surface area contributed by atoms with Crippen LogP contribution in [0.4, 0.5) is 0 Å². The fourth-order valence-corrected chi connectivity index (χ4v) is 3.95. The molecule has 0 unspecified atom stereocenters. The van der Waals surface area contributed by atoms with Crippen molar-refractivity contribution in [3.63, 3.8) is 0 Å². The van der Waals surface area contributed by atoms with Crippen LogP contribution in [0.3, 0.4) is 0 Å². The molecule has 2 saturated heterocycles. The Kier molecular flexibility index (Phi) is 4.31. The zero-order valence-electron chi connectivity index (χ0n) is 14.7. The third-order valence-corrected chi connectivity index (χ3v) is 5.18. The van der Waals surface area contributed by atoms with E-state index in [9.17, 15) is 4.79 Å². The lowest BCUT2D eigenvalue weighted by molar-refractivity contribution is 0.0480. The van der Waals surface area contributed by atoms with Gasteiger partial charge in [0.1, 0.15) is 5.69 Å². The highest BCUT2D eigenvalue weighted by molar-refractivity contribution is 5.95. The summed E-state index contributed by atoms with van der Waals surface area (Å²) in [5.74, 6) is 0.390. The van der Waals surface area contributed by atoms with E-state index in [0.29, 0.717) is 18.2 Å². The molecule has 2 aliphatic heterocycles. The molecule has 2 bridgehead atoms. The number of carbonyl (C=O) groups excluding carboxylic acids is 1. The quantitative estimate of drug-likeness (QED) is 0.905. The number of amides is 1. The molecule has 4 rings (SSSR count). The highest BCUT2D eigenvalue weighted by Crippen LogP contribution is 2.26. The Balaban J connectivity index is 1.64. The molecule has 1 aromatic heterocycles. The summed E-state index contributed by atoms with van der Waals surface area (Å²) < 4.78 is 5.78. The molecule has 2 atom stereocenters. The standard InChI is InChI=1S/C19H24N4O2/c1-13-17(15-6-4-3-5-7-15)20-21-18(13)19(24)23-9-14-8-22(2)10-16(23)12-25-11-14/h3-7,14,16H,8-12H2,1-2H3,(H,20,21)/t14-,16-/m0/s1. The molecule has 1 N–H and O–H groups in total. The lowest BCUT2D eigenvalue weighted by Gasteiger charge is -2.29. The Morgan fingerprint density at radius 3 is 2.80 bits per heavy atom. The van der Waals surface area contributed by atoms with Gasteiger partial charge in [-0.3, -0.25) is 9.89 Å². The molecule has 132 valence electrons. The van der Waals surface area contributed by atoms with Gasteiger partial charge in [0.15, 0.2) is 0 Å². The van der Waals surface area contributed by atoms with Crippen molar-refractivity contribution in [3.8, 4) is 11.3 Å². The van der Waals surface area contributed by atoms with Gasteiger partial charge in [0.25, 0.3) is 5.91 Å². The van der Waals surface area contributed by atoms with Crippen LogP contribution in [0.1, 0.15) is 16.1 Å². The number of aromatic nitrogens is 2. The van der Waals surface area contributed by atoms with E-state index in [2.05, 4.69) is 22.1 Å². The molecular weight excluding hydrogens is 316 g/mol. The zero-order chi connectivity index (χ0) is 17.4. The lowest BCUT2D eigenvalue weighted by Crippen LogP contribution is -2.46. The van der Waals surface area contributed by atoms with Crippen molar-refractivity contribution in [2.24, 2.45) is 5.92 Å². The first kappa shape index (κ1) is 16.3. The van der Waals surface area contributed by atoms with Crippen molar-refractivity contribution in [2.75, 3.05) is 39.9 Å². The average Bonchev–Trinajstić information content (AvgIpc) is 2.77. The van der Waals surface area contributed by atoms with Gasteiger partial charge in [0.05, 0.1) is 24.9 Å². The number of aromatic amines is 1. The topological polar surface area (TPSA) is 61.5 Å². The summed E-state index contributed by atoms with van der Waals surface area (Å²) in [6.45, 7) is 5.85. The maximum absolute atomic E-state index is 13.2. The monoisotopic (exact) mass is 340 g/mol. The van der Waals surface area contributed by atoms with Crippen molar-refractivity contribution >= 4 is 5.91 Å². The summed E-state index contributed by atoms with van der Waals surface area (Å²) >= 11 is 0. The van der Waals surface area contributed by atoms with Crippen molar-refractivity contribution in [3.05, 3.63) is 41.6 Å². The smallest absolute Gasteiger partial charge is 0.272 e. The van der Waals surface area contributed by atoms with E-state index in [1.807, 2.05) is 42.2 Å². The van der Waals surface area contributed by atoms with Gasteiger partial charge in [-0.05, 0) is 14.0 Å². The van der Waals surface area contributed by atoms with Gasteiger partial charge in [0.2, 0.25) is 0 Å². The molecular formula is C19H24N4O2. The Morgan fingerprint density at radius 1 is 1.20 bits per heavy atom. The number of ether oxygens (including phenoxy) is 1. The van der Waals surface area contributed by atoms with E-state index in [0.717, 1.165) is 43.1 Å². The van der Waals surface area contributed by atoms with E-state index in [1.54, 1.807) is 0 Å². The molecule has 1 amide bonds. The Morgan fingerprint density at radius 2 is 2.00 bits per heavy atom. The highest BCUT2D eigenvalue weighted by Gasteiger charge is 2.36. The second-order valence-electron chi connectivity index (χ2n) is 7.17. The summed E-state index contributed by atoms with van der Waals surface area (Å²) in [6, 6.07) is 10.1. The van der Waals surface area contributed by atoms with Gasteiger partial charge in [0, 0.05) is 36.7 Å². The normalized spacial score (nSPS) is 24.2. The van der Waals surface area contributed by atoms with E-state index in [-0.39, 0.29) is 11.9 Å². The first-order valence-electron chi connectivity index (χ1n) is 8.81. The average molecular weight is 340 g/mol. The Bertz CT molecular complexity index is 758. The summed E-state index contributed by atoms with van der Waals surface area (Å²) in [6.07, 6.45) is 0. The van der Waals surface area contributed by atoms with Crippen molar-refractivity contribution < 1.29 is 9.53 Å². The summed E-state index contributed by atoms with van der Waals surface area (Å²) in [7, 11) is 2.12. The number of nitrogens with zero attached hydrogens (tertiary/aromatic N) is 3. The third kappa shape index (κ3) is 3.07. The molecule has 1 aromatic carbocycles. The number of fused-ring (bicyclic) bond motifs is 3. The Hall–Kier alpha value is -2.18. The first-order valence-corrected chi connectivity index (χ1v) is 8.81. The van der Waals surface area contributed by atoms with E-state index in [1.165, 1.54) is 0 Å². The molecule has 0 aliphatic carbocycles. The molecule has 2 aromatic rings. The van der Waals surface area contributed by atoms with Crippen LogP contribution in [0.15, 0.2) is 30.3 Å². The number of hydrogen-bond acceptors (Lipinski definition) is 4. The fraction of sp³-hybridized carbons (Fsp3) is 0.474. The predicted molar refractivity (Wildman–Crippen MR) is 95.4 cm³/mol. The number of H-pyrrole nitrogens is 1. The minimum atomic E-state index is 0.0305. The highest BCUT2D eigenvalue weighted by atomic mass is 16.5. The molecule has 2 aliphatic rings. The van der Waals surface area contributed by atoms with Crippen LogP contribution in [0.2, 0.25) is 0 Å². The summed E-state index contributed by atoms with van der Waals surface area (Å²) in [5.41, 5.74) is 3.36. The van der Waals surface area contributed by atoms with Crippen LogP contribution in [0.5, 0.6) is 0 Å². The van der Waals surface area contributed by atoms with Gasteiger partial charge in [-0.1, -0.05) is 30.3 Å². The summed E-state index contributed by atoms with van der Waals surface area (Å²) in [5, 5.41) is 7.40. The molecule has 2 fully saturated rings. The van der Waals surface area contributed by atoms with E-state index in [4.69, 9.17) is 4.74 Å². The lowest BCUT2D eigenvalue weighted by atomic mass is 10.1. The van der Waals surface area contributed by atoms with Crippen molar-refractivity contribution in [2.45, 2.75) is 13.0 Å². The first-order chi connectivity index (χ1) is 12.1. The number of benzene rings is 1. The van der Waals surface area contributed by atoms with Crippen LogP contribution in [0, 0.1) is 12.8 Å². The maximum Gasteiger partial charge on any atom is 0.272 e. The van der Waals surface area contributed by atoms with Crippen LogP contribution < -0.4 is 0 Å². The van der Waals surface area contributed by atoms with Crippen LogP contribution in [-0.4, -0.2) is 71.8 Å². The molecule has 6 heteroatoms. The number of rotatable bonds is 2. The number of nitrogens with one attached hydrogen (secondary N) is 1. The van der Waals surface area contributed by atoms with Gasteiger partial charge in [-0.25, -0.2) is 0 Å². The molecule has 6 nitrogen and oxygen atoms in total. The SMILES string of the molecule is Cc1c(-c2ccccc2)n[nH]c1C(=O)N1C[C@H]2COC[C@@H]1CN(C)C2. The fourth-order valence-electron chi connectivity index (χ4n) is 3.95. The minimum absolute atomic E-state index is 0.0305. The second kappa shape index (κ2) is 6.61. The largest absolute Gasteiger partial charge is 0.379 e. The van der Waals surface area contributed by atoms with Gasteiger partial charge >= 0.3 is 0 Å². The van der Waals surface area contributed by atoms with E-state index < -0.39 is 0 Å². The van der Waals surface area contributed by atoms with Crippen LogP contribution in [0.25, 0.3) is 11.3 Å². The van der Waals surface area contributed by atoms with Crippen molar-refractivity contribution in [1.29, 1.82) is 0 Å². The minimum Gasteiger partial charge on any atom is -0.379 e. The molecule has 0 spiro atoms. The van der Waals surface area contributed by atoms with Crippen molar-refractivity contribution in [1.82, 2.24) is 20.0 Å². The van der Waals surface area contributed by atoms with Gasteiger partial charge in [-0.2, -0.15) is 5.10 Å².